The van der Waals surface area contributed by atoms with Gasteiger partial charge >= 0.3 is 0 Å². The molecular weight excluding hydrogens is 340 g/mol. The third-order valence-corrected chi connectivity index (χ3v) is 4.25. The molecule has 0 radical (unpaired) electrons. The van der Waals surface area contributed by atoms with Crippen LogP contribution in [0.1, 0.15) is 12.5 Å². The van der Waals surface area contributed by atoms with Gasteiger partial charge in [0.05, 0.1) is 4.91 Å². The van der Waals surface area contributed by atoms with E-state index < -0.39 is 5.91 Å². The van der Waals surface area contributed by atoms with Crippen LogP contribution in [-0.4, -0.2) is 27.0 Å². The number of hydrogen-bond acceptors (Lipinski definition) is 4. The molecule has 1 aromatic carbocycles. The Morgan fingerprint density at radius 2 is 2.09 bits per heavy atom. The Bertz CT molecular complexity index is 671. The predicted octanol–water partition coefficient (Wildman–Crippen LogP) is 3.10. The molecule has 22 heavy (non-hydrogen) atoms. The summed E-state index contributed by atoms with van der Waals surface area (Å²) in [6.07, 6.45) is 3.71. The summed E-state index contributed by atoms with van der Waals surface area (Å²) in [5, 5.41) is 1.05. The second-order valence-corrected chi connectivity index (χ2v) is 6.43. The number of thiocarbonyl (C=S) groups is 1. The van der Waals surface area contributed by atoms with Crippen LogP contribution in [0.25, 0.3) is 6.08 Å². The minimum atomic E-state index is -0.476. The molecule has 1 aliphatic rings. The Hall–Kier alpha value is -1.63. The standard InChI is InChI=1S/C15H13ClN2O2S2/c1-10(7-11-5-3-2-4-6-11)8-12-14(20)18(15(21)22-12)17-13(19)9-16/h2-8H,9H2,1H3,(H,17,19)/b10-7+,12-8-. The van der Waals surface area contributed by atoms with Crippen molar-refractivity contribution in [2.75, 3.05) is 5.88 Å². The van der Waals surface area contributed by atoms with Crippen molar-refractivity contribution in [3.05, 3.63) is 52.4 Å². The van der Waals surface area contributed by atoms with Crippen molar-refractivity contribution in [3.8, 4) is 0 Å². The van der Waals surface area contributed by atoms with E-state index in [2.05, 4.69) is 5.43 Å². The summed E-state index contributed by atoms with van der Waals surface area (Å²) in [5.41, 5.74) is 4.33. The first kappa shape index (κ1) is 16.7. The largest absolute Gasteiger partial charge is 0.285 e. The van der Waals surface area contributed by atoms with Crippen molar-refractivity contribution in [2.45, 2.75) is 6.92 Å². The molecule has 114 valence electrons. The molecule has 1 saturated heterocycles. The summed E-state index contributed by atoms with van der Waals surface area (Å²) < 4.78 is 0.280. The number of nitrogens with one attached hydrogen (secondary N) is 1. The van der Waals surface area contributed by atoms with Crippen molar-refractivity contribution in [1.29, 1.82) is 0 Å². The van der Waals surface area contributed by atoms with E-state index >= 15 is 0 Å². The first-order valence-corrected chi connectivity index (χ1v) is 8.14. The number of amides is 2. The van der Waals surface area contributed by atoms with Crippen LogP contribution in [-0.2, 0) is 9.59 Å². The van der Waals surface area contributed by atoms with Crippen LogP contribution in [0, 0.1) is 0 Å². The van der Waals surface area contributed by atoms with Crippen LogP contribution in [0.2, 0.25) is 0 Å². The third-order valence-electron chi connectivity index (χ3n) is 2.70. The van der Waals surface area contributed by atoms with E-state index in [4.69, 9.17) is 23.8 Å². The molecule has 7 heteroatoms. The lowest BCUT2D eigenvalue weighted by molar-refractivity contribution is -0.131. The van der Waals surface area contributed by atoms with Crippen molar-refractivity contribution in [2.24, 2.45) is 0 Å². The molecule has 0 atom stereocenters. The molecule has 2 amide bonds. The van der Waals surface area contributed by atoms with E-state index in [-0.39, 0.29) is 16.1 Å². The zero-order valence-electron chi connectivity index (χ0n) is 11.7. The Morgan fingerprint density at radius 1 is 1.41 bits per heavy atom. The van der Waals surface area contributed by atoms with Crippen molar-refractivity contribution < 1.29 is 9.59 Å². The van der Waals surface area contributed by atoms with Gasteiger partial charge in [0.1, 0.15) is 5.88 Å². The Labute approximate surface area is 143 Å². The number of thioether (sulfide) groups is 1. The second-order valence-electron chi connectivity index (χ2n) is 4.48. The van der Waals surface area contributed by atoms with Gasteiger partial charge in [-0.25, -0.2) is 0 Å². The highest BCUT2D eigenvalue weighted by Gasteiger charge is 2.33. The minimum absolute atomic E-state index is 0.233. The minimum Gasteiger partial charge on any atom is -0.272 e. The van der Waals surface area contributed by atoms with Crippen LogP contribution in [0.3, 0.4) is 0 Å². The maximum absolute atomic E-state index is 12.2. The van der Waals surface area contributed by atoms with Gasteiger partial charge in [-0.1, -0.05) is 48.2 Å². The topological polar surface area (TPSA) is 49.4 Å². The van der Waals surface area contributed by atoms with Gasteiger partial charge in [0, 0.05) is 0 Å². The van der Waals surface area contributed by atoms with E-state index in [0.29, 0.717) is 4.91 Å². The fourth-order valence-electron chi connectivity index (χ4n) is 1.78. The van der Waals surface area contributed by atoms with Crippen LogP contribution < -0.4 is 5.43 Å². The summed E-state index contributed by atoms with van der Waals surface area (Å²) in [6.45, 7) is 1.90. The molecule has 1 N–H and O–H groups in total. The van der Waals surface area contributed by atoms with Gasteiger partial charge in [0.25, 0.3) is 11.8 Å². The molecule has 0 aromatic heterocycles. The lowest BCUT2D eigenvalue weighted by Crippen LogP contribution is -2.45. The molecule has 0 bridgehead atoms. The molecule has 2 rings (SSSR count). The summed E-state index contributed by atoms with van der Waals surface area (Å²) in [6, 6.07) is 9.78. The number of hydrazine groups is 1. The number of alkyl halides is 1. The first-order chi connectivity index (χ1) is 10.5. The van der Waals surface area contributed by atoms with Crippen LogP contribution >= 0.6 is 35.6 Å². The van der Waals surface area contributed by atoms with Crippen molar-refractivity contribution in [1.82, 2.24) is 10.4 Å². The molecule has 0 spiro atoms. The highest BCUT2D eigenvalue weighted by atomic mass is 35.5. The predicted molar refractivity (Wildman–Crippen MR) is 94.1 cm³/mol. The number of hydrogen-bond donors (Lipinski definition) is 1. The first-order valence-electron chi connectivity index (χ1n) is 6.38. The molecule has 1 aliphatic heterocycles. The van der Waals surface area contributed by atoms with Gasteiger partial charge in [-0.15, -0.1) is 11.6 Å². The lowest BCUT2D eigenvalue weighted by Gasteiger charge is -2.14. The van der Waals surface area contributed by atoms with Crippen LogP contribution in [0.5, 0.6) is 0 Å². The number of carbonyl (C=O) groups is 2. The van der Waals surface area contributed by atoms with E-state index in [1.54, 1.807) is 6.08 Å². The zero-order valence-corrected chi connectivity index (χ0v) is 14.1. The van der Waals surface area contributed by atoms with Gasteiger partial charge in [-0.05, 0) is 36.4 Å². The molecule has 0 aliphatic carbocycles. The number of halogens is 1. The fourth-order valence-corrected chi connectivity index (χ4v) is 3.07. The molecule has 1 heterocycles. The normalized spacial score (nSPS) is 17.3. The van der Waals surface area contributed by atoms with Crippen LogP contribution in [0.4, 0.5) is 0 Å². The average molecular weight is 353 g/mol. The van der Waals surface area contributed by atoms with Gasteiger partial charge in [-0.3, -0.25) is 15.0 Å². The maximum atomic E-state index is 12.2. The number of rotatable bonds is 4. The molecule has 0 saturated carbocycles. The second kappa shape index (κ2) is 7.58. The van der Waals surface area contributed by atoms with Gasteiger partial charge in [-0.2, -0.15) is 5.01 Å². The van der Waals surface area contributed by atoms with Gasteiger partial charge < -0.3 is 0 Å². The average Bonchev–Trinajstić information content (AvgIpc) is 2.75. The quantitative estimate of drug-likeness (QED) is 0.514. The summed E-state index contributed by atoms with van der Waals surface area (Å²) in [4.78, 5) is 24.0. The lowest BCUT2D eigenvalue weighted by atomic mass is 10.1. The summed E-state index contributed by atoms with van der Waals surface area (Å²) in [7, 11) is 0. The van der Waals surface area contributed by atoms with Crippen molar-refractivity contribution >= 4 is 57.8 Å². The van der Waals surface area contributed by atoms with E-state index in [0.717, 1.165) is 27.9 Å². The van der Waals surface area contributed by atoms with Gasteiger partial charge in [0.2, 0.25) is 0 Å². The highest BCUT2D eigenvalue weighted by Crippen LogP contribution is 2.30. The monoisotopic (exact) mass is 352 g/mol. The zero-order chi connectivity index (χ0) is 16.1. The molecule has 1 fully saturated rings. The number of allylic oxidation sites excluding steroid dienone is 2. The number of carbonyl (C=O) groups excluding carboxylic acids is 2. The van der Waals surface area contributed by atoms with E-state index in [9.17, 15) is 9.59 Å². The van der Waals surface area contributed by atoms with E-state index in [1.165, 1.54) is 0 Å². The molecule has 1 aromatic rings. The summed E-state index contributed by atoms with van der Waals surface area (Å²) >= 11 is 11.6. The molecule has 4 nitrogen and oxygen atoms in total. The molecule has 0 unspecified atom stereocenters. The van der Waals surface area contributed by atoms with Gasteiger partial charge in [0.15, 0.2) is 4.32 Å². The van der Waals surface area contributed by atoms with Crippen molar-refractivity contribution in [3.63, 3.8) is 0 Å². The smallest absolute Gasteiger partial charge is 0.272 e. The van der Waals surface area contributed by atoms with Crippen LogP contribution in [0.15, 0.2) is 46.9 Å². The Balaban J connectivity index is 2.16. The Kier molecular flexibility index (Phi) is 5.76. The molecular formula is C15H13ClN2O2S2. The maximum Gasteiger partial charge on any atom is 0.285 e. The fraction of sp³-hybridized carbons (Fsp3) is 0.133. The highest BCUT2D eigenvalue weighted by molar-refractivity contribution is 8.26. The SMILES string of the molecule is CC(/C=C1\SC(=S)N(NC(=O)CCl)C1=O)=C\c1ccccc1. The summed E-state index contributed by atoms with van der Waals surface area (Å²) in [5.74, 6) is -1.06. The van der Waals surface area contributed by atoms with E-state index in [1.807, 2.05) is 43.3 Å². The Morgan fingerprint density at radius 3 is 2.73 bits per heavy atom. The number of nitrogens with zero attached hydrogens (tertiary/aromatic N) is 1. The number of benzene rings is 1. The third kappa shape index (κ3) is 4.19.